The summed E-state index contributed by atoms with van der Waals surface area (Å²) in [4.78, 5) is 0. The summed E-state index contributed by atoms with van der Waals surface area (Å²) in [5.41, 5.74) is 8.98. The molecule has 0 N–H and O–H groups in total. The molecule has 1 aromatic carbocycles. The molecule has 0 radical (unpaired) electrons. The molecule has 2 aliphatic carbocycles. The number of allylic oxidation sites excluding steroid dienone is 5. The zero-order valence-corrected chi connectivity index (χ0v) is 22.6. The number of hydrogen-bond acceptors (Lipinski definition) is 0. The lowest BCUT2D eigenvalue weighted by Gasteiger charge is -2.40. The molecule has 1 aromatic rings. The van der Waals surface area contributed by atoms with Gasteiger partial charge >= 0.3 is 0 Å². The van der Waals surface area contributed by atoms with Gasteiger partial charge in [0.25, 0.3) is 0 Å². The standard InChI is InChI=1S/C33H50/c1-23-8-13-30(14-9-23)15-10-24(2)20-32(18-17-31-16-11-25(3)27(5)21-31)22-33-19-12-26(4)28(6)29(33)7/h8,11,13,16,21,26,28-29,32-33H,2,9-10,12,14-15,17-20,22H2,1,3-7H3/t26-,28+,29-,32?,33+/m1/s1. The van der Waals surface area contributed by atoms with Crippen LogP contribution in [0.25, 0.3) is 0 Å². The number of benzene rings is 1. The van der Waals surface area contributed by atoms with Crippen LogP contribution in [-0.4, -0.2) is 0 Å². The molecule has 182 valence electrons. The van der Waals surface area contributed by atoms with Crippen molar-refractivity contribution in [3.63, 3.8) is 0 Å². The fraction of sp³-hybridized carbons (Fsp3) is 0.636. The first kappa shape index (κ1) is 26.1. The molecular formula is C33H50. The van der Waals surface area contributed by atoms with Gasteiger partial charge in [-0.25, -0.2) is 0 Å². The van der Waals surface area contributed by atoms with Gasteiger partial charge < -0.3 is 0 Å². The number of aryl methyl sites for hydroxylation is 3. The lowest BCUT2D eigenvalue weighted by atomic mass is 9.66. The SMILES string of the molecule is C=C(CCC1=CC=C(C)CC1)CC(CCc1ccc(C)c(C)c1)C[C@@H]1CC[C@@H](C)[C@H](C)[C@H]1C. The van der Waals surface area contributed by atoms with Gasteiger partial charge in [-0.3, -0.25) is 0 Å². The summed E-state index contributed by atoms with van der Waals surface area (Å²) in [5.74, 6) is 4.27. The van der Waals surface area contributed by atoms with Crippen molar-refractivity contribution in [2.45, 2.75) is 106 Å². The second kappa shape index (κ2) is 12.2. The Kier molecular flexibility index (Phi) is 9.66. The van der Waals surface area contributed by atoms with Gasteiger partial charge in [0.15, 0.2) is 0 Å². The molecule has 0 saturated heterocycles. The molecule has 0 aromatic heterocycles. The summed E-state index contributed by atoms with van der Waals surface area (Å²) >= 11 is 0. The van der Waals surface area contributed by atoms with Crippen LogP contribution in [0.5, 0.6) is 0 Å². The molecule has 0 heteroatoms. The van der Waals surface area contributed by atoms with E-state index in [0.717, 1.165) is 29.6 Å². The van der Waals surface area contributed by atoms with Gasteiger partial charge in [-0.1, -0.05) is 80.8 Å². The van der Waals surface area contributed by atoms with Gasteiger partial charge in [-0.05, 0) is 125 Å². The minimum absolute atomic E-state index is 0.773. The van der Waals surface area contributed by atoms with Gasteiger partial charge in [-0.15, -0.1) is 0 Å². The van der Waals surface area contributed by atoms with Crippen molar-refractivity contribution in [3.05, 3.63) is 70.3 Å². The maximum Gasteiger partial charge on any atom is -0.0276 e. The monoisotopic (exact) mass is 446 g/mol. The minimum Gasteiger partial charge on any atom is -0.0998 e. The Morgan fingerprint density at radius 2 is 1.73 bits per heavy atom. The van der Waals surface area contributed by atoms with E-state index in [0.29, 0.717) is 0 Å². The first-order chi connectivity index (χ1) is 15.7. The lowest BCUT2D eigenvalue weighted by molar-refractivity contribution is 0.104. The highest BCUT2D eigenvalue weighted by atomic mass is 14.4. The first-order valence-electron chi connectivity index (χ1n) is 13.8. The van der Waals surface area contributed by atoms with Crippen molar-refractivity contribution in [1.82, 2.24) is 0 Å². The fourth-order valence-electron chi connectivity index (χ4n) is 6.18. The molecule has 2 aliphatic rings. The van der Waals surface area contributed by atoms with E-state index in [1.54, 1.807) is 5.57 Å². The van der Waals surface area contributed by atoms with E-state index in [9.17, 15) is 0 Å². The van der Waals surface area contributed by atoms with Gasteiger partial charge in [0, 0.05) is 0 Å². The van der Waals surface area contributed by atoms with Crippen LogP contribution in [0.3, 0.4) is 0 Å². The quantitative estimate of drug-likeness (QED) is 0.314. The Balaban J connectivity index is 1.61. The van der Waals surface area contributed by atoms with Crippen LogP contribution in [-0.2, 0) is 6.42 Å². The molecule has 0 spiro atoms. The Morgan fingerprint density at radius 1 is 0.939 bits per heavy atom. The van der Waals surface area contributed by atoms with Crippen LogP contribution in [0.1, 0.15) is 102 Å². The fourth-order valence-corrected chi connectivity index (χ4v) is 6.18. The summed E-state index contributed by atoms with van der Waals surface area (Å²) in [7, 11) is 0. The number of hydrogen-bond donors (Lipinski definition) is 0. The predicted molar refractivity (Wildman–Crippen MR) is 147 cm³/mol. The maximum atomic E-state index is 4.57. The highest BCUT2D eigenvalue weighted by molar-refractivity contribution is 5.30. The largest absolute Gasteiger partial charge is 0.0998 e. The van der Waals surface area contributed by atoms with E-state index in [1.165, 1.54) is 92.0 Å². The van der Waals surface area contributed by atoms with E-state index >= 15 is 0 Å². The van der Waals surface area contributed by atoms with Gasteiger partial charge in [-0.2, -0.15) is 0 Å². The van der Waals surface area contributed by atoms with Crippen molar-refractivity contribution in [2.75, 3.05) is 0 Å². The summed E-state index contributed by atoms with van der Waals surface area (Å²) in [5, 5.41) is 0. The third kappa shape index (κ3) is 7.73. The zero-order valence-electron chi connectivity index (χ0n) is 22.6. The molecular weight excluding hydrogens is 396 g/mol. The van der Waals surface area contributed by atoms with Crippen LogP contribution in [0.15, 0.2) is 53.6 Å². The maximum absolute atomic E-state index is 4.57. The molecule has 0 amide bonds. The highest BCUT2D eigenvalue weighted by Crippen LogP contribution is 2.42. The summed E-state index contributed by atoms with van der Waals surface area (Å²) in [6.45, 7) is 18.8. The van der Waals surface area contributed by atoms with Gasteiger partial charge in [0.05, 0.1) is 0 Å². The lowest BCUT2D eigenvalue weighted by Crippen LogP contribution is -2.31. The first-order valence-corrected chi connectivity index (χ1v) is 13.8. The highest BCUT2D eigenvalue weighted by Gasteiger charge is 2.33. The van der Waals surface area contributed by atoms with Crippen molar-refractivity contribution < 1.29 is 0 Å². The van der Waals surface area contributed by atoms with Crippen LogP contribution < -0.4 is 0 Å². The molecule has 33 heavy (non-hydrogen) atoms. The van der Waals surface area contributed by atoms with E-state index in [4.69, 9.17) is 0 Å². The summed E-state index contributed by atoms with van der Waals surface area (Å²) in [6, 6.07) is 7.07. The van der Waals surface area contributed by atoms with Crippen LogP contribution in [0, 0.1) is 43.4 Å². The van der Waals surface area contributed by atoms with Crippen LogP contribution in [0.2, 0.25) is 0 Å². The molecule has 1 saturated carbocycles. The topological polar surface area (TPSA) is 0 Å². The predicted octanol–water partition coefficient (Wildman–Crippen LogP) is 9.95. The third-order valence-electron chi connectivity index (χ3n) is 9.33. The normalized spacial score (nSPS) is 26.5. The Bertz CT molecular complexity index is 851. The van der Waals surface area contributed by atoms with Crippen molar-refractivity contribution in [1.29, 1.82) is 0 Å². The molecule has 0 nitrogen and oxygen atoms in total. The molecule has 0 bridgehead atoms. The second-order valence-electron chi connectivity index (χ2n) is 11.9. The number of rotatable bonds is 10. The smallest absolute Gasteiger partial charge is 0.0276 e. The van der Waals surface area contributed by atoms with E-state index in [-0.39, 0.29) is 0 Å². The Hall–Kier alpha value is -1.56. The average molecular weight is 447 g/mol. The van der Waals surface area contributed by atoms with E-state index in [2.05, 4.69) is 78.5 Å². The Labute approximate surface area is 205 Å². The van der Waals surface area contributed by atoms with Crippen molar-refractivity contribution >= 4 is 0 Å². The molecule has 1 fully saturated rings. The van der Waals surface area contributed by atoms with Crippen molar-refractivity contribution in [2.24, 2.45) is 29.6 Å². The van der Waals surface area contributed by atoms with Gasteiger partial charge in [0.1, 0.15) is 0 Å². The molecule has 0 heterocycles. The third-order valence-corrected chi connectivity index (χ3v) is 9.33. The van der Waals surface area contributed by atoms with Crippen LogP contribution >= 0.6 is 0 Å². The molecule has 3 rings (SSSR count). The minimum atomic E-state index is 0.773. The Morgan fingerprint density at radius 3 is 2.42 bits per heavy atom. The average Bonchev–Trinajstić information content (AvgIpc) is 2.79. The second-order valence-corrected chi connectivity index (χ2v) is 11.9. The van der Waals surface area contributed by atoms with Crippen LogP contribution in [0.4, 0.5) is 0 Å². The van der Waals surface area contributed by atoms with E-state index in [1.807, 2.05) is 0 Å². The summed E-state index contributed by atoms with van der Waals surface area (Å²) < 4.78 is 0. The molecule has 1 unspecified atom stereocenters. The van der Waals surface area contributed by atoms with Crippen molar-refractivity contribution in [3.8, 4) is 0 Å². The van der Waals surface area contributed by atoms with Gasteiger partial charge in [0.2, 0.25) is 0 Å². The zero-order chi connectivity index (χ0) is 24.0. The van der Waals surface area contributed by atoms with E-state index < -0.39 is 0 Å². The summed E-state index contributed by atoms with van der Waals surface area (Å²) in [6.07, 6.45) is 17.5. The molecule has 0 aliphatic heterocycles. The molecule has 5 atom stereocenters.